The number of nitrogens with two attached hydrogens (primary N) is 1. The quantitative estimate of drug-likeness (QED) is 0.873. The van der Waals surface area contributed by atoms with Gasteiger partial charge in [0.05, 0.1) is 5.69 Å². The van der Waals surface area contributed by atoms with Crippen molar-refractivity contribution in [3.8, 4) is 0 Å². The van der Waals surface area contributed by atoms with Crippen molar-refractivity contribution in [2.24, 2.45) is 17.6 Å². The van der Waals surface area contributed by atoms with Crippen molar-refractivity contribution in [1.29, 1.82) is 0 Å². The lowest BCUT2D eigenvalue weighted by Crippen LogP contribution is -2.28. The lowest BCUT2D eigenvalue weighted by Gasteiger charge is -2.31. The van der Waals surface area contributed by atoms with Gasteiger partial charge in [-0.15, -0.1) is 0 Å². The van der Waals surface area contributed by atoms with Gasteiger partial charge in [0.2, 0.25) is 0 Å². The third-order valence-electron chi connectivity index (χ3n) is 4.10. The summed E-state index contributed by atoms with van der Waals surface area (Å²) in [5.74, 6) is 1.52. The maximum Gasteiger partial charge on any atom is 0.0557 e. The minimum Gasteiger partial charge on any atom is -0.322 e. The van der Waals surface area contributed by atoms with Crippen LogP contribution in [-0.2, 0) is 0 Å². The monoisotopic (exact) mass is 235 g/mol. The number of rotatable bonds is 3. The Morgan fingerprint density at radius 2 is 1.94 bits per heavy atom. The number of hydrogen-bond acceptors (Lipinski definition) is 2. The van der Waals surface area contributed by atoms with Crippen molar-refractivity contribution in [3.05, 3.63) is 18.0 Å². The summed E-state index contributed by atoms with van der Waals surface area (Å²) in [6.07, 6.45) is 7.07. The standard InChI is InChI=1S/C14H25N3/c1-10(2)17-13(8-9-16-17)14(15)12-6-4-11(3)5-7-12/h8-12,14H,4-7,15H2,1-3H3. The highest BCUT2D eigenvalue weighted by molar-refractivity contribution is 5.09. The van der Waals surface area contributed by atoms with Crippen molar-refractivity contribution in [2.75, 3.05) is 0 Å². The molecule has 1 atom stereocenters. The summed E-state index contributed by atoms with van der Waals surface area (Å²) in [4.78, 5) is 0. The number of hydrogen-bond donors (Lipinski definition) is 1. The van der Waals surface area contributed by atoms with E-state index >= 15 is 0 Å². The van der Waals surface area contributed by atoms with E-state index in [1.165, 1.54) is 31.4 Å². The summed E-state index contributed by atoms with van der Waals surface area (Å²) in [5, 5.41) is 4.38. The first-order valence-corrected chi connectivity index (χ1v) is 6.88. The third-order valence-corrected chi connectivity index (χ3v) is 4.10. The van der Waals surface area contributed by atoms with E-state index in [1.54, 1.807) is 0 Å². The number of nitrogens with zero attached hydrogens (tertiary/aromatic N) is 2. The average molecular weight is 235 g/mol. The van der Waals surface area contributed by atoms with Gasteiger partial charge < -0.3 is 5.73 Å². The summed E-state index contributed by atoms with van der Waals surface area (Å²) in [6, 6.07) is 2.64. The Bertz CT molecular complexity index is 348. The van der Waals surface area contributed by atoms with Gasteiger partial charge in [0.1, 0.15) is 0 Å². The average Bonchev–Trinajstić information content (AvgIpc) is 2.78. The number of aromatic nitrogens is 2. The molecular formula is C14H25N3. The summed E-state index contributed by atoms with van der Waals surface area (Å²) in [7, 11) is 0. The molecule has 0 saturated heterocycles. The fourth-order valence-corrected chi connectivity index (χ4v) is 2.91. The fraction of sp³-hybridized carbons (Fsp3) is 0.786. The van der Waals surface area contributed by atoms with Crippen LogP contribution in [0.25, 0.3) is 0 Å². The van der Waals surface area contributed by atoms with Crippen molar-refractivity contribution in [1.82, 2.24) is 9.78 Å². The summed E-state index contributed by atoms with van der Waals surface area (Å²) >= 11 is 0. The molecule has 1 aliphatic rings. The predicted octanol–water partition coefficient (Wildman–Crippen LogP) is 3.29. The largest absolute Gasteiger partial charge is 0.322 e. The van der Waals surface area contributed by atoms with Gasteiger partial charge >= 0.3 is 0 Å². The molecule has 1 aromatic rings. The molecule has 1 saturated carbocycles. The van der Waals surface area contributed by atoms with Crippen LogP contribution in [0.1, 0.15) is 64.2 Å². The second-order valence-corrected chi connectivity index (χ2v) is 5.84. The van der Waals surface area contributed by atoms with Crippen molar-refractivity contribution >= 4 is 0 Å². The topological polar surface area (TPSA) is 43.8 Å². The van der Waals surface area contributed by atoms with Gasteiger partial charge in [0.25, 0.3) is 0 Å². The van der Waals surface area contributed by atoms with Gasteiger partial charge in [-0.1, -0.05) is 19.8 Å². The molecule has 0 aliphatic heterocycles. The molecule has 0 bridgehead atoms. The van der Waals surface area contributed by atoms with Crippen molar-refractivity contribution < 1.29 is 0 Å². The molecule has 2 N–H and O–H groups in total. The molecule has 17 heavy (non-hydrogen) atoms. The zero-order valence-electron chi connectivity index (χ0n) is 11.3. The first-order chi connectivity index (χ1) is 8.09. The molecule has 96 valence electrons. The first-order valence-electron chi connectivity index (χ1n) is 6.88. The Labute approximate surface area is 104 Å². The normalized spacial score (nSPS) is 27.4. The van der Waals surface area contributed by atoms with E-state index in [-0.39, 0.29) is 6.04 Å². The highest BCUT2D eigenvalue weighted by atomic mass is 15.3. The zero-order chi connectivity index (χ0) is 12.4. The summed E-state index contributed by atoms with van der Waals surface area (Å²) in [6.45, 7) is 6.67. The highest BCUT2D eigenvalue weighted by Crippen LogP contribution is 2.35. The molecule has 0 aromatic carbocycles. The van der Waals surface area contributed by atoms with Crippen LogP contribution in [0.2, 0.25) is 0 Å². The minimum absolute atomic E-state index is 0.160. The Morgan fingerprint density at radius 1 is 1.29 bits per heavy atom. The Balaban J connectivity index is 2.08. The highest BCUT2D eigenvalue weighted by Gasteiger charge is 2.26. The molecule has 2 rings (SSSR count). The van der Waals surface area contributed by atoms with E-state index in [2.05, 4.69) is 36.6 Å². The van der Waals surface area contributed by atoms with Gasteiger partial charge in [0.15, 0.2) is 0 Å². The maximum atomic E-state index is 6.44. The van der Waals surface area contributed by atoms with E-state index in [9.17, 15) is 0 Å². The molecule has 1 heterocycles. The molecule has 0 amide bonds. The lowest BCUT2D eigenvalue weighted by molar-refractivity contribution is 0.248. The minimum atomic E-state index is 0.160. The van der Waals surface area contributed by atoms with Gasteiger partial charge in [-0.25, -0.2) is 0 Å². The molecule has 0 radical (unpaired) electrons. The van der Waals surface area contributed by atoms with Gasteiger partial charge in [-0.2, -0.15) is 5.10 Å². The van der Waals surface area contributed by atoms with Crippen LogP contribution in [-0.4, -0.2) is 9.78 Å². The summed E-state index contributed by atoms with van der Waals surface area (Å²) in [5.41, 5.74) is 7.65. The maximum absolute atomic E-state index is 6.44. The SMILES string of the molecule is CC1CCC(C(N)c2ccnn2C(C)C)CC1. The van der Waals surface area contributed by atoms with Gasteiger partial charge in [0, 0.05) is 18.3 Å². The summed E-state index contributed by atoms with van der Waals surface area (Å²) < 4.78 is 2.07. The van der Waals surface area contributed by atoms with Crippen LogP contribution >= 0.6 is 0 Å². The van der Waals surface area contributed by atoms with E-state index in [0.717, 1.165) is 5.92 Å². The zero-order valence-corrected chi connectivity index (χ0v) is 11.3. The van der Waals surface area contributed by atoms with Gasteiger partial charge in [-0.05, 0) is 44.6 Å². The lowest BCUT2D eigenvalue weighted by atomic mass is 9.78. The van der Waals surface area contributed by atoms with E-state index in [1.807, 2.05) is 6.20 Å². The molecular weight excluding hydrogens is 210 g/mol. The smallest absolute Gasteiger partial charge is 0.0557 e. The van der Waals surface area contributed by atoms with Crippen LogP contribution in [0.15, 0.2) is 12.3 Å². The Kier molecular flexibility index (Phi) is 3.87. The van der Waals surface area contributed by atoms with Crippen LogP contribution in [0.4, 0.5) is 0 Å². The van der Waals surface area contributed by atoms with Crippen molar-refractivity contribution in [3.63, 3.8) is 0 Å². The van der Waals surface area contributed by atoms with E-state index in [4.69, 9.17) is 5.73 Å². The van der Waals surface area contributed by atoms with E-state index < -0.39 is 0 Å². The van der Waals surface area contributed by atoms with Crippen LogP contribution in [0, 0.1) is 11.8 Å². The van der Waals surface area contributed by atoms with Crippen molar-refractivity contribution in [2.45, 2.75) is 58.5 Å². The second-order valence-electron chi connectivity index (χ2n) is 5.84. The predicted molar refractivity (Wildman–Crippen MR) is 70.7 cm³/mol. The molecule has 1 unspecified atom stereocenters. The Hall–Kier alpha value is -0.830. The fourth-order valence-electron chi connectivity index (χ4n) is 2.91. The van der Waals surface area contributed by atoms with Crippen LogP contribution < -0.4 is 5.73 Å². The molecule has 0 spiro atoms. The van der Waals surface area contributed by atoms with Crippen LogP contribution in [0.3, 0.4) is 0 Å². The van der Waals surface area contributed by atoms with Gasteiger partial charge in [-0.3, -0.25) is 4.68 Å². The molecule has 1 aliphatic carbocycles. The second kappa shape index (κ2) is 5.21. The van der Waals surface area contributed by atoms with Crippen LogP contribution in [0.5, 0.6) is 0 Å². The first kappa shape index (κ1) is 12.6. The molecule has 1 aromatic heterocycles. The Morgan fingerprint density at radius 3 is 2.53 bits per heavy atom. The third kappa shape index (κ3) is 2.71. The molecule has 3 heteroatoms. The van der Waals surface area contributed by atoms with E-state index in [0.29, 0.717) is 12.0 Å². The molecule has 1 fully saturated rings. The molecule has 3 nitrogen and oxygen atoms in total.